The number of carboxylic acid groups (broad SMARTS) is 1. The third-order valence-corrected chi connectivity index (χ3v) is 4.04. The lowest BCUT2D eigenvalue weighted by Crippen LogP contribution is -2.43. The number of carbonyl (C=O) groups excluding carboxylic acids is 2. The highest BCUT2D eigenvalue weighted by atomic mass is 16.5. The highest BCUT2D eigenvalue weighted by molar-refractivity contribution is 6.01. The summed E-state index contributed by atoms with van der Waals surface area (Å²) in [4.78, 5) is 25.1. The van der Waals surface area contributed by atoms with E-state index in [1.165, 1.54) is 0 Å². The molecule has 1 amide bonds. The normalized spacial score (nSPS) is 16.1. The molecule has 0 aliphatic carbocycles. The Morgan fingerprint density at radius 3 is 2.60 bits per heavy atom. The lowest BCUT2D eigenvalue weighted by Gasteiger charge is -2.38. The largest absolute Gasteiger partial charge is 0.546 e. The molecule has 0 fully saturated rings. The van der Waals surface area contributed by atoms with Gasteiger partial charge in [0.1, 0.15) is 18.5 Å². The summed E-state index contributed by atoms with van der Waals surface area (Å²) in [6.45, 7) is 2.17. The molecule has 1 heterocycles. The number of benzene rings is 2. The summed E-state index contributed by atoms with van der Waals surface area (Å²) in [6, 6.07) is 14.5. The highest BCUT2D eigenvalue weighted by Gasteiger charge is 2.31. The van der Waals surface area contributed by atoms with E-state index in [1.54, 1.807) is 17.0 Å². The summed E-state index contributed by atoms with van der Waals surface area (Å²) in [5.41, 5.74) is 2.38. The Bertz CT molecular complexity index is 773. The monoisotopic (exact) mass is 339 g/mol. The van der Waals surface area contributed by atoms with Gasteiger partial charge in [-0.1, -0.05) is 31.2 Å². The number of carboxylic acids is 1. The minimum atomic E-state index is -1.27. The molecule has 2 aromatic carbocycles. The standard InChI is InChI=1S/C19H20N2O4/c1-2-11-21-18(20-16-6-4-3-5-15(16)19(21)24)13-7-9-14(10-8-13)25-12-17(22)23/h3-10,18,20H,2,11-12H2,1H3,(H,22,23)/p-1/t18-/m0/s1. The molecule has 1 aliphatic rings. The number of nitrogens with one attached hydrogen (secondary N) is 1. The Balaban J connectivity index is 1.86. The van der Waals surface area contributed by atoms with Crippen LogP contribution in [0.25, 0.3) is 0 Å². The molecular weight excluding hydrogens is 320 g/mol. The summed E-state index contributed by atoms with van der Waals surface area (Å²) in [7, 11) is 0. The molecule has 1 aliphatic heterocycles. The van der Waals surface area contributed by atoms with Crippen molar-refractivity contribution in [2.45, 2.75) is 19.5 Å². The van der Waals surface area contributed by atoms with Crippen LogP contribution in [-0.2, 0) is 4.79 Å². The first-order valence-corrected chi connectivity index (χ1v) is 8.19. The number of para-hydroxylation sites is 1. The van der Waals surface area contributed by atoms with Crippen molar-refractivity contribution < 1.29 is 19.4 Å². The third kappa shape index (κ3) is 3.57. The number of carbonyl (C=O) groups is 2. The van der Waals surface area contributed by atoms with Gasteiger partial charge in [-0.15, -0.1) is 0 Å². The Morgan fingerprint density at radius 2 is 1.92 bits per heavy atom. The Hall–Kier alpha value is -3.02. The second kappa shape index (κ2) is 7.25. The van der Waals surface area contributed by atoms with Gasteiger partial charge in [0.05, 0.1) is 11.5 Å². The van der Waals surface area contributed by atoms with Crippen molar-refractivity contribution in [2.75, 3.05) is 18.5 Å². The predicted molar refractivity (Wildman–Crippen MR) is 91.1 cm³/mol. The van der Waals surface area contributed by atoms with E-state index in [9.17, 15) is 14.7 Å². The number of anilines is 1. The van der Waals surface area contributed by atoms with E-state index in [-0.39, 0.29) is 12.1 Å². The molecule has 0 aromatic heterocycles. The predicted octanol–water partition coefficient (Wildman–Crippen LogP) is 1.79. The van der Waals surface area contributed by atoms with Crippen LogP contribution in [0.5, 0.6) is 5.75 Å². The Morgan fingerprint density at radius 1 is 1.20 bits per heavy atom. The van der Waals surface area contributed by atoms with Crippen LogP contribution in [0.1, 0.15) is 35.4 Å². The molecule has 0 radical (unpaired) electrons. The van der Waals surface area contributed by atoms with Crippen LogP contribution in [0.3, 0.4) is 0 Å². The van der Waals surface area contributed by atoms with E-state index in [4.69, 9.17) is 4.74 Å². The van der Waals surface area contributed by atoms with Crippen LogP contribution in [-0.4, -0.2) is 29.9 Å². The molecule has 2 aromatic rings. The fraction of sp³-hybridized carbons (Fsp3) is 0.263. The summed E-state index contributed by atoms with van der Waals surface area (Å²) in [5.74, 6) is -0.828. The van der Waals surface area contributed by atoms with Gasteiger partial charge < -0.3 is 24.9 Å². The first kappa shape index (κ1) is 16.8. The van der Waals surface area contributed by atoms with Crippen molar-refractivity contribution >= 4 is 17.6 Å². The Kier molecular flexibility index (Phi) is 4.88. The van der Waals surface area contributed by atoms with Crippen LogP contribution in [0.2, 0.25) is 0 Å². The van der Waals surface area contributed by atoms with Crippen LogP contribution in [0.4, 0.5) is 5.69 Å². The van der Waals surface area contributed by atoms with Crippen LogP contribution >= 0.6 is 0 Å². The van der Waals surface area contributed by atoms with Crippen molar-refractivity contribution in [1.29, 1.82) is 0 Å². The molecule has 25 heavy (non-hydrogen) atoms. The van der Waals surface area contributed by atoms with Gasteiger partial charge in [0.2, 0.25) is 0 Å². The van der Waals surface area contributed by atoms with Crippen molar-refractivity contribution in [2.24, 2.45) is 0 Å². The molecule has 0 saturated heterocycles. The summed E-state index contributed by atoms with van der Waals surface area (Å²) in [5, 5.41) is 13.9. The zero-order valence-electron chi connectivity index (χ0n) is 13.9. The van der Waals surface area contributed by atoms with Gasteiger partial charge in [-0.2, -0.15) is 0 Å². The van der Waals surface area contributed by atoms with Crippen molar-refractivity contribution in [3.63, 3.8) is 0 Å². The fourth-order valence-corrected chi connectivity index (χ4v) is 2.92. The van der Waals surface area contributed by atoms with Gasteiger partial charge in [-0.25, -0.2) is 0 Å². The number of fused-ring (bicyclic) bond motifs is 1. The zero-order valence-corrected chi connectivity index (χ0v) is 13.9. The minimum absolute atomic E-state index is 0.00141. The average Bonchev–Trinajstić information content (AvgIpc) is 2.63. The van der Waals surface area contributed by atoms with Gasteiger partial charge in [-0.05, 0) is 36.2 Å². The van der Waals surface area contributed by atoms with Crippen LogP contribution < -0.4 is 15.2 Å². The van der Waals surface area contributed by atoms with E-state index in [1.807, 2.05) is 43.3 Å². The van der Waals surface area contributed by atoms with E-state index < -0.39 is 12.6 Å². The van der Waals surface area contributed by atoms with Crippen molar-refractivity contribution in [3.05, 3.63) is 59.7 Å². The number of ether oxygens (including phenoxy) is 1. The number of aliphatic carboxylic acids is 1. The van der Waals surface area contributed by atoms with E-state index in [2.05, 4.69) is 5.32 Å². The first-order valence-electron chi connectivity index (χ1n) is 8.19. The highest BCUT2D eigenvalue weighted by Crippen LogP contribution is 2.33. The van der Waals surface area contributed by atoms with Gasteiger partial charge in [0, 0.05) is 12.2 Å². The number of nitrogens with zero attached hydrogens (tertiary/aromatic N) is 1. The molecule has 1 atom stereocenters. The Labute approximate surface area is 146 Å². The van der Waals surface area contributed by atoms with Crippen LogP contribution in [0.15, 0.2) is 48.5 Å². The van der Waals surface area contributed by atoms with Gasteiger partial charge in [-0.3, -0.25) is 4.79 Å². The summed E-state index contributed by atoms with van der Waals surface area (Å²) in [6.07, 6.45) is 0.566. The molecular formula is C19H19N2O4-. The maximum Gasteiger partial charge on any atom is 0.257 e. The fourth-order valence-electron chi connectivity index (χ4n) is 2.92. The SMILES string of the molecule is CCCN1C(=O)c2ccccc2N[C@@H]1c1ccc(OCC(=O)[O-])cc1. The maximum absolute atomic E-state index is 12.8. The summed E-state index contributed by atoms with van der Waals surface area (Å²) >= 11 is 0. The van der Waals surface area contributed by atoms with Crippen LogP contribution in [0, 0.1) is 0 Å². The van der Waals surface area contributed by atoms with Crippen molar-refractivity contribution in [3.8, 4) is 5.75 Å². The number of rotatable bonds is 6. The van der Waals surface area contributed by atoms with Gasteiger partial charge >= 0.3 is 0 Å². The smallest absolute Gasteiger partial charge is 0.257 e. The number of hydrogen-bond acceptors (Lipinski definition) is 5. The van der Waals surface area contributed by atoms with Gasteiger partial charge in [0.25, 0.3) is 5.91 Å². The summed E-state index contributed by atoms with van der Waals surface area (Å²) < 4.78 is 5.10. The molecule has 6 heteroatoms. The topological polar surface area (TPSA) is 81.7 Å². The molecule has 3 rings (SSSR count). The van der Waals surface area contributed by atoms with E-state index in [0.29, 0.717) is 17.9 Å². The zero-order chi connectivity index (χ0) is 17.8. The van der Waals surface area contributed by atoms with E-state index >= 15 is 0 Å². The van der Waals surface area contributed by atoms with E-state index in [0.717, 1.165) is 17.7 Å². The van der Waals surface area contributed by atoms with Crippen molar-refractivity contribution in [1.82, 2.24) is 4.90 Å². The molecule has 0 saturated carbocycles. The minimum Gasteiger partial charge on any atom is -0.546 e. The second-order valence-corrected chi connectivity index (χ2v) is 5.82. The molecule has 1 N–H and O–H groups in total. The lowest BCUT2D eigenvalue weighted by atomic mass is 10.0. The number of amides is 1. The van der Waals surface area contributed by atoms with Gasteiger partial charge in [0.15, 0.2) is 0 Å². The maximum atomic E-state index is 12.8. The first-order chi connectivity index (χ1) is 12.1. The number of hydrogen-bond donors (Lipinski definition) is 1. The third-order valence-electron chi connectivity index (χ3n) is 4.04. The molecule has 6 nitrogen and oxygen atoms in total. The quantitative estimate of drug-likeness (QED) is 0.868. The second-order valence-electron chi connectivity index (χ2n) is 5.82. The average molecular weight is 339 g/mol. The molecule has 130 valence electrons. The lowest BCUT2D eigenvalue weighted by molar-refractivity contribution is -0.307. The molecule has 0 spiro atoms. The molecule has 0 unspecified atom stereocenters. The molecule has 0 bridgehead atoms.